The highest BCUT2D eigenvalue weighted by Gasteiger charge is 2.35. The van der Waals surface area contributed by atoms with Gasteiger partial charge in [-0.2, -0.15) is 0 Å². The molecule has 0 radical (unpaired) electrons. The quantitative estimate of drug-likeness (QED) is 0.245. The first kappa shape index (κ1) is 21.8. The second-order valence-corrected chi connectivity index (χ2v) is 6.65. The number of para-hydroxylation sites is 2. The maximum Gasteiger partial charge on any atom is 0.527 e. The summed E-state index contributed by atoms with van der Waals surface area (Å²) in [6.07, 6.45) is 0. The molecule has 0 saturated heterocycles. The minimum atomic E-state index is -4.53. The minimum absolute atomic E-state index is 0.0128. The van der Waals surface area contributed by atoms with Gasteiger partial charge < -0.3 is 30.1 Å². The summed E-state index contributed by atoms with van der Waals surface area (Å²) in [5, 5.41) is 46.9. The van der Waals surface area contributed by atoms with Gasteiger partial charge >= 0.3 is 7.82 Å². The average Bonchev–Trinajstić information content (AvgIpc) is 2.58. The summed E-state index contributed by atoms with van der Waals surface area (Å²) in [4.78, 5) is 11.0. The number of phenolic OH excluding ortho intramolecular Hbond substituents is 1. The third kappa shape index (κ3) is 6.21. The van der Waals surface area contributed by atoms with Crippen LogP contribution in [0.1, 0.15) is 0 Å². The van der Waals surface area contributed by atoms with Crippen LogP contribution in [-0.2, 0) is 9.09 Å². The Morgan fingerprint density at radius 1 is 1.04 bits per heavy atom. The molecule has 25 heavy (non-hydrogen) atoms. The van der Waals surface area contributed by atoms with Crippen molar-refractivity contribution in [1.29, 1.82) is 0 Å². The summed E-state index contributed by atoms with van der Waals surface area (Å²) in [5.74, 6) is -0.557. The van der Waals surface area contributed by atoms with Gasteiger partial charge in [-0.1, -0.05) is 12.1 Å². The molecular weight excluding hydrogens is 357 g/mol. The number of phenols is 1. The number of benzene rings is 1. The molecule has 0 aromatic heterocycles. The van der Waals surface area contributed by atoms with Crippen LogP contribution in [0.3, 0.4) is 0 Å². The molecule has 0 fully saturated rings. The number of hydrogen-bond donors (Lipinski definition) is 6. The fourth-order valence-corrected chi connectivity index (χ4v) is 2.88. The van der Waals surface area contributed by atoms with Gasteiger partial charge in [-0.25, -0.2) is 4.57 Å². The van der Waals surface area contributed by atoms with E-state index >= 15 is 0 Å². The summed E-state index contributed by atoms with van der Waals surface area (Å²) < 4.78 is 21.5. The largest absolute Gasteiger partial charge is 0.527 e. The van der Waals surface area contributed by atoms with E-state index in [9.17, 15) is 29.9 Å². The van der Waals surface area contributed by atoms with Crippen molar-refractivity contribution in [2.24, 2.45) is 0 Å². The summed E-state index contributed by atoms with van der Waals surface area (Å²) >= 11 is 0. The molecule has 1 unspecified atom stereocenters. The molecule has 10 nitrogen and oxygen atoms in total. The fourth-order valence-electron chi connectivity index (χ4n) is 2.11. The number of aromatic hydroxyl groups is 1. The Morgan fingerprint density at radius 3 is 2.16 bits per heavy atom. The summed E-state index contributed by atoms with van der Waals surface area (Å²) in [5.41, 5.74) is -1.41. The monoisotopic (exact) mass is 381 g/mol. The number of β-amino-alcohol motifs (C(OH)–C–C–N with tert-alkyl or cyclic N) is 1. The summed E-state index contributed by atoms with van der Waals surface area (Å²) in [6.45, 7) is -2.56. The SMILES string of the molecule is O=P(O)(OCCN(CCO)C(CO)(CO)CO)Oc1ccccc1O. The third-order valence-electron chi connectivity index (χ3n) is 3.62. The van der Waals surface area contributed by atoms with E-state index in [2.05, 4.69) is 0 Å². The van der Waals surface area contributed by atoms with E-state index in [-0.39, 0.29) is 37.8 Å². The Hall–Kier alpha value is -1.23. The van der Waals surface area contributed by atoms with E-state index in [1.54, 1.807) is 0 Å². The maximum atomic E-state index is 11.9. The minimum Gasteiger partial charge on any atom is -0.504 e. The zero-order chi connectivity index (χ0) is 18.9. The van der Waals surface area contributed by atoms with Crippen LogP contribution in [0, 0.1) is 0 Å². The van der Waals surface area contributed by atoms with Crippen molar-refractivity contribution in [2.45, 2.75) is 5.54 Å². The number of nitrogens with zero attached hydrogens (tertiary/aromatic N) is 1. The van der Waals surface area contributed by atoms with Crippen molar-refractivity contribution >= 4 is 7.82 Å². The lowest BCUT2D eigenvalue weighted by molar-refractivity contribution is -0.0574. The van der Waals surface area contributed by atoms with E-state index < -0.39 is 33.2 Å². The van der Waals surface area contributed by atoms with Crippen LogP contribution < -0.4 is 4.52 Å². The molecule has 0 amide bonds. The van der Waals surface area contributed by atoms with Crippen molar-refractivity contribution in [3.8, 4) is 11.5 Å². The van der Waals surface area contributed by atoms with E-state index in [0.717, 1.165) is 0 Å². The number of rotatable bonds is 12. The number of hydrogen-bond acceptors (Lipinski definition) is 9. The van der Waals surface area contributed by atoms with E-state index in [1.807, 2.05) is 0 Å². The van der Waals surface area contributed by atoms with Crippen LogP contribution in [-0.4, -0.2) is 87.0 Å². The molecule has 144 valence electrons. The van der Waals surface area contributed by atoms with E-state index in [1.165, 1.54) is 29.2 Å². The van der Waals surface area contributed by atoms with Gasteiger partial charge in [0.25, 0.3) is 0 Å². The first-order chi connectivity index (χ1) is 11.8. The molecular formula is C14H24NO9P. The van der Waals surface area contributed by atoms with Crippen molar-refractivity contribution < 1.29 is 44.0 Å². The molecule has 0 spiro atoms. The Kier molecular flexibility index (Phi) is 8.77. The molecule has 1 aromatic carbocycles. The van der Waals surface area contributed by atoms with Crippen molar-refractivity contribution in [1.82, 2.24) is 4.90 Å². The van der Waals surface area contributed by atoms with Gasteiger partial charge in [-0.15, -0.1) is 0 Å². The third-order valence-corrected chi connectivity index (χ3v) is 4.55. The first-order valence-corrected chi connectivity index (χ1v) is 8.97. The fraction of sp³-hybridized carbons (Fsp3) is 0.571. The Balaban J connectivity index is 2.68. The van der Waals surface area contributed by atoms with Crippen LogP contribution >= 0.6 is 7.82 Å². The standard InChI is InChI=1S/C14H24NO9P/c16-7-5-15(14(9-17,10-18)11-19)6-8-23-25(21,22)24-13-4-2-1-3-12(13)20/h1-4,16-20H,5-11H2,(H,21,22). The molecule has 1 aromatic rings. The van der Waals surface area contributed by atoms with Crippen molar-refractivity contribution in [3.05, 3.63) is 24.3 Å². The number of phosphoric acid groups is 1. The van der Waals surface area contributed by atoms with Crippen LogP contribution in [0.25, 0.3) is 0 Å². The first-order valence-electron chi connectivity index (χ1n) is 7.47. The highest BCUT2D eigenvalue weighted by molar-refractivity contribution is 7.47. The highest BCUT2D eigenvalue weighted by atomic mass is 31.2. The number of aliphatic hydroxyl groups excluding tert-OH is 4. The predicted octanol–water partition coefficient (Wildman–Crippen LogP) is -1.10. The molecule has 1 rings (SSSR count). The van der Waals surface area contributed by atoms with Crippen LogP contribution in [0.15, 0.2) is 24.3 Å². The van der Waals surface area contributed by atoms with Crippen LogP contribution in [0.2, 0.25) is 0 Å². The van der Waals surface area contributed by atoms with Gasteiger partial charge in [-0.05, 0) is 12.1 Å². The van der Waals surface area contributed by atoms with Crippen LogP contribution in [0.4, 0.5) is 0 Å². The summed E-state index contributed by atoms with van der Waals surface area (Å²) in [7, 11) is -4.53. The molecule has 1 atom stereocenters. The van der Waals surface area contributed by atoms with Gasteiger partial charge in [-0.3, -0.25) is 14.3 Å². The van der Waals surface area contributed by atoms with Gasteiger partial charge in [0, 0.05) is 13.1 Å². The Bertz CT molecular complexity index is 559. The zero-order valence-electron chi connectivity index (χ0n) is 13.6. The lowest BCUT2D eigenvalue weighted by Crippen LogP contribution is -2.58. The highest BCUT2D eigenvalue weighted by Crippen LogP contribution is 2.46. The van der Waals surface area contributed by atoms with Gasteiger partial charge in [0.1, 0.15) is 0 Å². The normalized spacial score (nSPS) is 14.5. The lowest BCUT2D eigenvalue weighted by Gasteiger charge is -2.39. The number of phosphoric ester groups is 1. The predicted molar refractivity (Wildman–Crippen MR) is 87.2 cm³/mol. The second kappa shape index (κ2) is 10.0. The van der Waals surface area contributed by atoms with Crippen molar-refractivity contribution in [2.75, 3.05) is 46.1 Å². The molecule has 0 aliphatic carbocycles. The lowest BCUT2D eigenvalue weighted by atomic mass is 10.0. The summed E-state index contributed by atoms with van der Waals surface area (Å²) in [6, 6.07) is 5.57. The van der Waals surface area contributed by atoms with E-state index in [4.69, 9.17) is 14.2 Å². The molecule has 0 aliphatic heterocycles. The average molecular weight is 381 g/mol. The molecule has 11 heteroatoms. The Morgan fingerprint density at radius 2 is 1.64 bits per heavy atom. The molecule has 0 bridgehead atoms. The zero-order valence-corrected chi connectivity index (χ0v) is 14.5. The van der Waals surface area contributed by atoms with Crippen LogP contribution in [0.5, 0.6) is 11.5 Å². The molecule has 0 heterocycles. The van der Waals surface area contributed by atoms with E-state index in [0.29, 0.717) is 0 Å². The second-order valence-electron chi connectivity index (χ2n) is 5.27. The Labute approximate surface area is 145 Å². The number of aliphatic hydroxyl groups is 4. The topological polar surface area (TPSA) is 160 Å². The van der Waals surface area contributed by atoms with Crippen molar-refractivity contribution in [3.63, 3.8) is 0 Å². The van der Waals surface area contributed by atoms with Gasteiger partial charge in [0.2, 0.25) is 0 Å². The smallest absolute Gasteiger partial charge is 0.504 e. The van der Waals surface area contributed by atoms with Gasteiger partial charge in [0.15, 0.2) is 11.5 Å². The van der Waals surface area contributed by atoms with Gasteiger partial charge in [0.05, 0.1) is 38.6 Å². The molecule has 0 aliphatic rings. The molecule has 6 N–H and O–H groups in total. The maximum absolute atomic E-state index is 11.9. The molecule has 0 saturated carbocycles.